The molecule has 0 fully saturated rings. The van der Waals surface area contributed by atoms with E-state index < -0.39 is 29.9 Å². The third-order valence-electron chi connectivity index (χ3n) is 3.08. The summed E-state index contributed by atoms with van der Waals surface area (Å²) in [6.07, 6.45) is 0.0422. The highest BCUT2D eigenvalue weighted by Crippen LogP contribution is 2.28. The molecule has 6 nitrogen and oxygen atoms in total. The summed E-state index contributed by atoms with van der Waals surface area (Å²) in [7, 11) is 0. The smallest absolute Gasteiger partial charge is 0.333 e. The molecule has 0 saturated carbocycles. The van der Waals surface area contributed by atoms with Gasteiger partial charge in [-0.15, -0.1) is 0 Å². The molecule has 6 heteroatoms. The molecule has 24 heavy (non-hydrogen) atoms. The molecule has 0 radical (unpaired) electrons. The van der Waals surface area contributed by atoms with Crippen LogP contribution in [0, 0.1) is 5.41 Å². The van der Waals surface area contributed by atoms with Crippen molar-refractivity contribution in [3.8, 4) is 0 Å². The molecule has 0 aromatic rings. The lowest BCUT2D eigenvalue weighted by atomic mass is 9.86. The minimum absolute atomic E-state index is 0.0389. The van der Waals surface area contributed by atoms with Crippen LogP contribution >= 0.6 is 0 Å². The molecule has 0 aromatic carbocycles. The Kier molecular flexibility index (Phi) is 8.74. The van der Waals surface area contributed by atoms with Crippen LogP contribution in [0.5, 0.6) is 0 Å². The normalized spacial score (nSPS) is 10.5. The van der Waals surface area contributed by atoms with Crippen molar-refractivity contribution in [1.82, 2.24) is 0 Å². The Morgan fingerprint density at radius 2 is 1.25 bits per heavy atom. The summed E-state index contributed by atoms with van der Waals surface area (Å²) < 4.78 is 15.2. The third kappa shape index (κ3) is 6.40. The van der Waals surface area contributed by atoms with E-state index in [1.54, 1.807) is 20.8 Å². The summed E-state index contributed by atoms with van der Waals surface area (Å²) in [6, 6.07) is 0. The average Bonchev–Trinajstić information content (AvgIpc) is 2.51. The second-order valence-electron chi connectivity index (χ2n) is 5.86. The zero-order valence-electron chi connectivity index (χ0n) is 14.9. The number of hydrogen-bond acceptors (Lipinski definition) is 6. The lowest BCUT2D eigenvalue weighted by molar-refractivity contribution is -0.177. The number of esters is 3. The predicted octanol–water partition coefficient (Wildman–Crippen LogP) is 2.74. The number of ether oxygens (including phenoxy) is 3. The van der Waals surface area contributed by atoms with E-state index in [0.717, 1.165) is 0 Å². The zero-order valence-corrected chi connectivity index (χ0v) is 14.9. The van der Waals surface area contributed by atoms with Crippen molar-refractivity contribution in [2.75, 3.05) is 19.8 Å². The summed E-state index contributed by atoms with van der Waals surface area (Å²) in [5, 5.41) is 0. The van der Waals surface area contributed by atoms with Gasteiger partial charge >= 0.3 is 17.9 Å². The Balaban J connectivity index is 5.40. The molecule has 0 atom stereocenters. The first kappa shape index (κ1) is 21.6. The highest BCUT2D eigenvalue weighted by Gasteiger charge is 2.49. The standard InChI is InChI=1S/C18H26O6/c1-8-18(11-24-15(19)14(6)7,16(20)22-9-12(2)3)17(21)23-10-13(4)5/h2,4,6,8-11H2,1,3,5,7H3. The van der Waals surface area contributed by atoms with Crippen molar-refractivity contribution in [3.63, 3.8) is 0 Å². The van der Waals surface area contributed by atoms with Crippen molar-refractivity contribution in [3.05, 3.63) is 36.5 Å². The van der Waals surface area contributed by atoms with Gasteiger partial charge in [0, 0.05) is 5.57 Å². The topological polar surface area (TPSA) is 78.9 Å². The van der Waals surface area contributed by atoms with Gasteiger partial charge in [-0.2, -0.15) is 0 Å². The molecule has 134 valence electrons. The number of carbonyl (C=O) groups is 3. The monoisotopic (exact) mass is 338 g/mol. The minimum Gasteiger partial charge on any atom is -0.460 e. The molecule has 0 saturated heterocycles. The molecule has 0 aliphatic carbocycles. The number of hydrogen-bond donors (Lipinski definition) is 0. The van der Waals surface area contributed by atoms with Crippen molar-refractivity contribution >= 4 is 17.9 Å². The number of carbonyl (C=O) groups excluding carboxylic acids is 3. The van der Waals surface area contributed by atoms with Crippen LogP contribution in [0.25, 0.3) is 0 Å². The van der Waals surface area contributed by atoms with Gasteiger partial charge in [0.05, 0.1) is 0 Å². The first-order chi connectivity index (χ1) is 11.1. The highest BCUT2D eigenvalue weighted by molar-refractivity contribution is 6.00. The molecule has 0 N–H and O–H groups in total. The Bertz CT molecular complexity index is 514. The molecule has 0 heterocycles. The van der Waals surface area contributed by atoms with Gasteiger partial charge in [-0.1, -0.05) is 26.7 Å². The minimum atomic E-state index is -1.74. The molecular formula is C18H26O6. The quantitative estimate of drug-likeness (QED) is 0.200. The van der Waals surface area contributed by atoms with Crippen LogP contribution in [0.3, 0.4) is 0 Å². The van der Waals surface area contributed by atoms with Crippen LogP contribution in [0.2, 0.25) is 0 Å². The van der Waals surface area contributed by atoms with Crippen LogP contribution in [0.15, 0.2) is 36.5 Å². The van der Waals surface area contributed by atoms with E-state index in [1.807, 2.05) is 0 Å². The van der Waals surface area contributed by atoms with Crippen LogP contribution in [0.4, 0.5) is 0 Å². The largest absolute Gasteiger partial charge is 0.460 e. The van der Waals surface area contributed by atoms with Gasteiger partial charge in [0.2, 0.25) is 0 Å². The molecule has 0 aliphatic heterocycles. The molecule has 0 spiro atoms. The SMILES string of the molecule is C=C(C)COC(=O)C(CC)(COC(=O)C(=C)C)C(=O)OCC(=C)C. The van der Waals surface area contributed by atoms with E-state index in [9.17, 15) is 14.4 Å². The van der Waals surface area contributed by atoms with Crippen LogP contribution in [-0.4, -0.2) is 37.7 Å². The Labute approximate surface area is 143 Å². The van der Waals surface area contributed by atoms with E-state index in [4.69, 9.17) is 14.2 Å². The average molecular weight is 338 g/mol. The van der Waals surface area contributed by atoms with Gasteiger partial charge in [-0.05, 0) is 38.3 Å². The second kappa shape index (κ2) is 9.70. The van der Waals surface area contributed by atoms with Crippen molar-refractivity contribution in [1.29, 1.82) is 0 Å². The first-order valence-corrected chi connectivity index (χ1v) is 7.52. The Morgan fingerprint density at radius 1 is 0.833 bits per heavy atom. The lowest BCUT2D eigenvalue weighted by Gasteiger charge is -2.27. The molecule has 0 aliphatic rings. The zero-order chi connectivity index (χ0) is 18.9. The molecule has 0 amide bonds. The van der Waals surface area contributed by atoms with E-state index in [0.29, 0.717) is 11.1 Å². The van der Waals surface area contributed by atoms with E-state index in [2.05, 4.69) is 19.7 Å². The van der Waals surface area contributed by atoms with Gasteiger partial charge in [-0.3, -0.25) is 9.59 Å². The number of rotatable bonds is 10. The lowest BCUT2D eigenvalue weighted by Crippen LogP contribution is -2.46. The van der Waals surface area contributed by atoms with Crippen LogP contribution in [0.1, 0.15) is 34.1 Å². The molecule has 0 aromatic heterocycles. The van der Waals surface area contributed by atoms with E-state index >= 15 is 0 Å². The van der Waals surface area contributed by atoms with Crippen molar-refractivity contribution in [2.45, 2.75) is 34.1 Å². The highest BCUT2D eigenvalue weighted by atomic mass is 16.6. The van der Waals surface area contributed by atoms with Crippen molar-refractivity contribution in [2.24, 2.45) is 5.41 Å². The molecule has 0 unspecified atom stereocenters. The summed E-state index contributed by atoms with van der Waals surface area (Å²) in [4.78, 5) is 36.6. The Hall–Kier alpha value is -2.37. The Morgan fingerprint density at radius 3 is 1.54 bits per heavy atom. The van der Waals surface area contributed by atoms with Gasteiger partial charge < -0.3 is 14.2 Å². The molecule has 0 rings (SSSR count). The van der Waals surface area contributed by atoms with Crippen molar-refractivity contribution < 1.29 is 28.6 Å². The summed E-state index contributed by atoms with van der Waals surface area (Å²) in [6.45, 7) is 16.6. The fourth-order valence-electron chi connectivity index (χ4n) is 1.56. The fraction of sp³-hybridized carbons (Fsp3) is 0.500. The fourth-order valence-corrected chi connectivity index (χ4v) is 1.56. The molecule has 0 bridgehead atoms. The van der Waals surface area contributed by atoms with Gasteiger partial charge in [-0.25, -0.2) is 4.79 Å². The summed E-state index contributed by atoms with van der Waals surface area (Å²) in [5.41, 5.74) is -0.355. The van der Waals surface area contributed by atoms with E-state index in [1.165, 1.54) is 6.92 Å². The van der Waals surface area contributed by atoms with Gasteiger partial charge in [0.1, 0.15) is 19.8 Å². The van der Waals surface area contributed by atoms with Gasteiger partial charge in [0.25, 0.3) is 0 Å². The third-order valence-corrected chi connectivity index (χ3v) is 3.08. The maximum atomic E-state index is 12.5. The van der Waals surface area contributed by atoms with Crippen LogP contribution in [-0.2, 0) is 28.6 Å². The van der Waals surface area contributed by atoms with Crippen LogP contribution < -0.4 is 0 Å². The summed E-state index contributed by atoms with van der Waals surface area (Å²) >= 11 is 0. The predicted molar refractivity (Wildman–Crippen MR) is 90.0 cm³/mol. The summed E-state index contributed by atoms with van der Waals surface area (Å²) in [5.74, 6) is -2.35. The molecular weight excluding hydrogens is 312 g/mol. The first-order valence-electron chi connectivity index (χ1n) is 7.52. The maximum absolute atomic E-state index is 12.5. The maximum Gasteiger partial charge on any atom is 0.333 e. The van der Waals surface area contributed by atoms with Gasteiger partial charge in [0.15, 0.2) is 5.41 Å². The van der Waals surface area contributed by atoms with E-state index in [-0.39, 0.29) is 25.2 Å². The second-order valence-corrected chi connectivity index (χ2v) is 5.86.